The Labute approximate surface area is 154 Å². The number of rotatable bonds is 5. The van der Waals surface area contributed by atoms with Gasteiger partial charge in [-0.3, -0.25) is 4.99 Å². The Balaban J connectivity index is 0.00000242. The van der Waals surface area contributed by atoms with E-state index in [1.165, 1.54) is 24.2 Å². The lowest BCUT2D eigenvalue weighted by atomic mass is 10.1. The molecular weight excluding hydrogens is 409 g/mol. The second kappa shape index (κ2) is 10.2. The van der Waals surface area contributed by atoms with Crippen LogP contribution in [0.15, 0.2) is 23.2 Å². The Kier molecular flexibility index (Phi) is 9.00. The summed E-state index contributed by atoms with van der Waals surface area (Å²) in [5.74, 6) is 3.10. The first-order chi connectivity index (χ1) is 10.2. The van der Waals surface area contributed by atoms with E-state index in [-0.39, 0.29) is 24.0 Å². The Morgan fingerprint density at radius 3 is 2.82 bits per heavy atom. The Morgan fingerprint density at radius 2 is 2.23 bits per heavy atom. The first-order valence-electron chi connectivity index (χ1n) is 7.42. The predicted octanol–water partition coefficient (Wildman–Crippen LogP) is 3.18. The smallest absolute Gasteiger partial charge is 0.191 e. The second-order valence-electron chi connectivity index (χ2n) is 5.25. The number of thioether (sulfide) groups is 1. The van der Waals surface area contributed by atoms with E-state index in [0.29, 0.717) is 0 Å². The molecule has 0 saturated carbocycles. The van der Waals surface area contributed by atoms with Crippen LogP contribution in [0.1, 0.15) is 24.0 Å². The number of methoxy groups -OCH3 is 1. The van der Waals surface area contributed by atoms with Crippen molar-refractivity contribution in [3.05, 3.63) is 29.3 Å². The van der Waals surface area contributed by atoms with Gasteiger partial charge >= 0.3 is 0 Å². The SMILES string of the molecule is CN=C(NCc1ccc(OC)c(C)c1)NCC1CCCS1.I. The van der Waals surface area contributed by atoms with Crippen LogP contribution in [0.4, 0.5) is 0 Å². The van der Waals surface area contributed by atoms with Crippen molar-refractivity contribution < 1.29 is 4.74 Å². The van der Waals surface area contributed by atoms with Crippen molar-refractivity contribution in [2.24, 2.45) is 4.99 Å². The van der Waals surface area contributed by atoms with Crippen molar-refractivity contribution in [3.8, 4) is 5.75 Å². The molecule has 0 amide bonds. The summed E-state index contributed by atoms with van der Waals surface area (Å²) in [4.78, 5) is 4.28. The molecule has 1 unspecified atom stereocenters. The number of aryl methyl sites for hydroxylation is 1. The topological polar surface area (TPSA) is 45.7 Å². The zero-order valence-corrected chi connectivity index (χ0v) is 16.7. The zero-order valence-electron chi connectivity index (χ0n) is 13.5. The molecule has 1 saturated heterocycles. The summed E-state index contributed by atoms with van der Waals surface area (Å²) in [5.41, 5.74) is 2.38. The monoisotopic (exact) mass is 435 g/mol. The van der Waals surface area contributed by atoms with Gasteiger partial charge in [0.05, 0.1) is 7.11 Å². The number of hydrogen-bond donors (Lipinski definition) is 2. The van der Waals surface area contributed by atoms with E-state index in [0.717, 1.165) is 35.6 Å². The van der Waals surface area contributed by atoms with Gasteiger partial charge < -0.3 is 15.4 Å². The van der Waals surface area contributed by atoms with Crippen LogP contribution in [0.5, 0.6) is 5.75 Å². The van der Waals surface area contributed by atoms with Crippen LogP contribution < -0.4 is 15.4 Å². The minimum Gasteiger partial charge on any atom is -0.496 e. The molecule has 1 aliphatic heterocycles. The molecule has 124 valence electrons. The van der Waals surface area contributed by atoms with Crippen LogP contribution in [0.25, 0.3) is 0 Å². The quantitative estimate of drug-likeness (QED) is 0.424. The van der Waals surface area contributed by atoms with Crippen molar-refractivity contribution in [3.63, 3.8) is 0 Å². The van der Waals surface area contributed by atoms with E-state index < -0.39 is 0 Å². The number of aliphatic imine (C=N–C) groups is 1. The second-order valence-corrected chi connectivity index (χ2v) is 6.65. The molecule has 0 radical (unpaired) electrons. The van der Waals surface area contributed by atoms with Gasteiger partial charge in [0.2, 0.25) is 0 Å². The van der Waals surface area contributed by atoms with Gasteiger partial charge in [0.25, 0.3) is 0 Å². The molecule has 1 aliphatic rings. The molecule has 22 heavy (non-hydrogen) atoms. The van der Waals surface area contributed by atoms with E-state index in [1.54, 1.807) is 7.11 Å². The summed E-state index contributed by atoms with van der Waals surface area (Å²) in [6, 6.07) is 6.24. The lowest BCUT2D eigenvalue weighted by Crippen LogP contribution is -2.39. The molecule has 1 fully saturated rings. The number of nitrogens with one attached hydrogen (secondary N) is 2. The van der Waals surface area contributed by atoms with Gasteiger partial charge in [-0.2, -0.15) is 11.8 Å². The third kappa shape index (κ3) is 5.87. The molecule has 1 atom stereocenters. The number of guanidine groups is 1. The fourth-order valence-electron chi connectivity index (χ4n) is 2.47. The van der Waals surface area contributed by atoms with Gasteiger partial charge in [-0.25, -0.2) is 0 Å². The van der Waals surface area contributed by atoms with Crippen LogP contribution >= 0.6 is 35.7 Å². The van der Waals surface area contributed by atoms with Gasteiger partial charge in [0, 0.05) is 25.4 Å². The first kappa shape index (κ1) is 19.4. The highest BCUT2D eigenvalue weighted by atomic mass is 127. The lowest BCUT2D eigenvalue weighted by Gasteiger charge is -2.15. The van der Waals surface area contributed by atoms with Crippen molar-refractivity contribution in [1.29, 1.82) is 0 Å². The fourth-order valence-corrected chi connectivity index (χ4v) is 3.67. The average Bonchev–Trinajstić information content (AvgIpc) is 3.01. The maximum Gasteiger partial charge on any atom is 0.191 e. The predicted molar refractivity (Wildman–Crippen MR) is 107 cm³/mol. The molecule has 0 aromatic heterocycles. The van der Waals surface area contributed by atoms with Gasteiger partial charge in [-0.1, -0.05) is 12.1 Å². The Morgan fingerprint density at radius 1 is 1.41 bits per heavy atom. The largest absolute Gasteiger partial charge is 0.496 e. The molecule has 2 rings (SSSR count). The molecule has 4 nitrogen and oxygen atoms in total. The Bertz CT molecular complexity index is 490. The van der Waals surface area contributed by atoms with Gasteiger partial charge in [0.15, 0.2) is 5.96 Å². The van der Waals surface area contributed by atoms with Crippen molar-refractivity contribution >= 4 is 41.7 Å². The van der Waals surface area contributed by atoms with Crippen LogP contribution in [0.3, 0.4) is 0 Å². The van der Waals surface area contributed by atoms with Crippen molar-refractivity contribution in [2.45, 2.75) is 31.6 Å². The number of ether oxygens (including phenoxy) is 1. The van der Waals surface area contributed by atoms with Crippen LogP contribution in [0.2, 0.25) is 0 Å². The third-order valence-electron chi connectivity index (χ3n) is 3.66. The standard InChI is InChI=1S/C16H25N3OS.HI/c1-12-9-13(6-7-15(12)20-3)10-18-16(17-2)19-11-14-5-4-8-21-14;/h6-7,9,14H,4-5,8,10-11H2,1-3H3,(H2,17,18,19);1H. The van der Waals surface area contributed by atoms with Crippen LogP contribution in [0, 0.1) is 6.92 Å². The molecular formula is C16H26IN3OS. The summed E-state index contributed by atoms with van der Waals surface area (Å²) < 4.78 is 5.28. The van der Waals surface area contributed by atoms with E-state index in [1.807, 2.05) is 13.1 Å². The number of nitrogens with zero attached hydrogens (tertiary/aromatic N) is 1. The molecule has 1 aromatic carbocycles. The zero-order chi connectivity index (χ0) is 15.1. The van der Waals surface area contributed by atoms with Crippen LogP contribution in [-0.4, -0.2) is 37.7 Å². The Hall–Kier alpha value is -0.630. The molecule has 0 bridgehead atoms. The van der Waals surface area contributed by atoms with Gasteiger partial charge in [-0.15, -0.1) is 24.0 Å². The minimum absolute atomic E-state index is 0. The number of hydrogen-bond acceptors (Lipinski definition) is 3. The minimum atomic E-state index is 0. The molecule has 2 N–H and O–H groups in total. The highest BCUT2D eigenvalue weighted by molar-refractivity contribution is 14.0. The van der Waals surface area contributed by atoms with Gasteiger partial charge in [0.1, 0.15) is 5.75 Å². The maximum atomic E-state index is 5.28. The van der Waals surface area contributed by atoms with Crippen molar-refractivity contribution in [2.75, 3.05) is 26.5 Å². The molecule has 1 aromatic rings. The molecule has 0 aliphatic carbocycles. The first-order valence-corrected chi connectivity index (χ1v) is 8.47. The van der Waals surface area contributed by atoms with Crippen LogP contribution in [-0.2, 0) is 6.54 Å². The summed E-state index contributed by atoms with van der Waals surface area (Å²) in [6.45, 7) is 3.82. The summed E-state index contributed by atoms with van der Waals surface area (Å²) in [6.07, 6.45) is 2.65. The summed E-state index contributed by atoms with van der Waals surface area (Å²) >= 11 is 2.06. The molecule has 0 spiro atoms. The summed E-state index contributed by atoms with van der Waals surface area (Å²) in [7, 11) is 3.52. The van der Waals surface area contributed by atoms with Crippen molar-refractivity contribution in [1.82, 2.24) is 10.6 Å². The van der Waals surface area contributed by atoms with E-state index >= 15 is 0 Å². The molecule has 6 heteroatoms. The number of benzene rings is 1. The fraction of sp³-hybridized carbons (Fsp3) is 0.562. The highest BCUT2D eigenvalue weighted by Gasteiger charge is 2.15. The normalized spacial score (nSPS) is 17.8. The van der Waals surface area contributed by atoms with E-state index in [2.05, 4.69) is 46.4 Å². The van der Waals surface area contributed by atoms with E-state index in [9.17, 15) is 0 Å². The maximum absolute atomic E-state index is 5.28. The van der Waals surface area contributed by atoms with Gasteiger partial charge in [-0.05, 0) is 42.7 Å². The van der Waals surface area contributed by atoms with E-state index in [4.69, 9.17) is 4.74 Å². The lowest BCUT2D eigenvalue weighted by molar-refractivity contribution is 0.411. The average molecular weight is 435 g/mol. The molecule has 1 heterocycles. The summed E-state index contributed by atoms with van der Waals surface area (Å²) in [5, 5.41) is 7.50. The highest BCUT2D eigenvalue weighted by Crippen LogP contribution is 2.25. The number of halogens is 1. The third-order valence-corrected chi connectivity index (χ3v) is 5.06.